The van der Waals surface area contributed by atoms with E-state index in [0.29, 0.717) is 17.5 Å². The first kappa shape index (κ1) is 10.7. The van der Waals surface area contributed by atoms with Crippen LogP contribution >= 0.6 is 27.5 Å². The van der Waals surface area contributed by atoms with Gasteiger partial charge in [0.2, 0.25) is 5.89 Å². The zero-order valence-corrected chi connectivity index (χ0v) is 10.0. The fourth-order valence-electron chi connectivity index (χ4n) is 1.16. The first-order chi connectivity index (χ1) is 7.20. The first-order valence-corrected chi connectivity index (χ1v) is 5.47. The molecule has 0 amide bonds. The maximum atomic E-state index is 5.96. The van der Waals surface area contributed by atoms with Crippen LogP contribution in [0.25, 0.3) is 11.5 Å². The van der Waals surface area contributed by atoms with Crippen molar-refractivity contribution in [3.63, 3.8) is 0 Å². The molecule has 3 nitrogen and oxygen atoms in total. The summed E-state index contributed by atoms with van der Waals surface area (Å²) < 4.78 is 6.12. The van der Waals surface area contributed by atoms with Crippen molar-refractivity contribution in [2.75, 3.05) is 0 Å². The lowest BCUT2D eigenvalue weighted by Gasteiger charge is -1.98. The minimum absolute atomic E-state index is 0.369. The van der Waals surface area contributed by atoms with E-state index in [9.17, 15) is 0 Å². The molecular formula is C10H8BrClN2O. The summed E-state index contributed by atoms with van der Waals surface area (Å²) in [5.74, 6) is 0.532. The van der Waals surface area contributed by atoms with Gasteiger partial charge in [0, 0.05) is 16.6 Å². The van der Waals surface area contributed by atoms with Crippen LogP contribution in [-0.2, 0) is 6.54 Å². The Labute approximate surface area is 100 Å². The third-order valence-corrected chi connectivity index (χ3v) is 3.16. The Balaban J connectivity index is 2.40. The van der Waals surface area contributed by atoms with Gasteiger partial charge in [0.1, 0.15) is 6.26 Å². The van der Waals surface area contributed by atoms with E-state index in [0.717, 1.165) is 15.7 Å². The standard InChI is InChI=1S/C10H8BrClN2O/c11-8-2-1-6(3-9(8)12)10-14-7(4-13)5-15-10/h1-3,5H,4,13H2. The average Bonchev–Trinajstić information content (AvgIpc) is 2.70. The van der Waals surface area contributed by atoms with Crippen molar-refractivity contribution in [2.24, 2.45) is 5.73 Å². The van der Waals surface area contributed by atoms with E-state index in [2.05, 4.69) is 20.9 Å². The number of nitrogens with two attached hydrogens (primary N) is 1. The smallest absolute Gasteiger partial charge is 0.226 e. The first-order valence-electron chi connectivity index (χ1n) is 4.30. The van der Waals surface area contributed by atoms with E-state index >= 15 is 0 Å². The average molecular weight is 288 g/mol. The Kier molecular flexibility index (Phi) is 3.09. The van der Waals surface area contributed by atoms with Crippen molar-refractivity contribution in [3.05, 3.63) is 39.7 Å². The number of hydrogen-bond donors (Lipinski definition) is 1. The zero-order valence-electron chi connectivity index (χ0n) is 7.71. The van der Waals surface area contributed by atoms with E-state index in [1.807, 2.05) is 12.1 Å². The van der Waals surface area contributed by atoms with Gasteiger partial charge in [0.15, 0.2) is 0 Å². The molecule has 0 atom stereocenters. The van der Waals surface area contributed by atoms with Gasteiger partial charge in [-0.05, 0) is 34.1 Å². The molecule has 0 aliphatic rings. The van der Waals surface area contributed by atoms with Crippen molar-refractivity contribution in [1.82, 2.24) is 4.98 Å². The fraction of sp³-hybridized carbons (Fsp3) is 0.100. The third kappa shape index (κ3) is 2.22. The van der Waals surface area contributed by atoms with Gasteiger partial charge in [-0.15, -0.1) is 0 Å². The molecule has 0 spiro atoms. The molecule has 2 rings (SSSR count). The summed E-state index contributed by atoms with van der Waals surface area (Å²) in [5, 5.41) is 0.625. The number of nitrogens with zero attached hydrogens (tertiary/aromatic N) is 1. The molecule has 0 saturated carbocycles. The number of oxazole rings is 1. The fourth-order valence-corrected chi connectivity index (χ4v) is 1.59. The summed E-state index contributed by atoms with van der Waals surface area (Å²) >= 11 is 9.28. The van der Waals surface area contributed by atoms with E-state index < -0.39 is 0 Å². The Morgan fingerprint density at radius 2 is 2.27 bits per heavy atom. The molecule has 0 aliphatic heterocycles. The third-order valence-electron chi connectivity index (χ3n) is 1.93. The second kappa shape index (κ2) is 4.35. The molecule has 0 radical (unpaired) electrons. The van der Waals surface area contributed by atoms with Crippen molar-refractivity contribution in [3.8, 4) is 11.5 Å². The van der Waals surface area contributed by atoms with Crippen LogP contribution in [0.5, 0.6) is 0 Å². The van der Waals surface area contributed by atoms with Gasteiger partial charge in [0.05, 0.1) is 10.7 Å². The molecule has 78 valence electrons. The lowest BCUT2D eigenvalue weighted by Crippen LogP contribution is -1.95. The molecule has 0 unspecified atom stereocenters. The van der Waals surface area contributed by atoms with Crippen molar-refractivity contribution in [1.29, 1.82) is 0 Å². The van der Waals surface area contributed by atoms with Crippen LogP contribution in [0.2, 0.25) is 5.02 Å². The second-order valence-electron chi connectivity index (χ2n) is 2.98. The Morgan fingerprint density at radius 3 is 2.87 bits per heavy atom. The summed E-state index contributed by atoms with van der Waals surface area (Å²) in [6.07, 6.45) is 1.55. The predicted octanol–water partition coefficient (Wildman–Crippen LogP) is 3.22. The van der Waals surface area contributed by atoms with Crippen LogP contribution in [0.15, 0.2) is 33.4 Å². The minimum Gasteiger partial charge on any atom is -0.444 e. The van der Waals surface area contributed by atoms with Crippen LogP contribution < -0.4 is 5.73 Å². The maximum absolute atomic E-state index is 5.96. The highest BCUT2D eigenvalue weighted by atomic mass is 79.9. The number of hydrogen-bond acceptors (Lipinski definition) is 3. The molecule has 2 N–H and O–H groups in total. The van der Waals surface area contributed by atoms with Crippen LogP contribution in [0.4, 0.5) is 0 Å². The number of aromatic nitrogens is 1. The Hall–Kier alpha value is -0.840. The summed E-state index contributed by atoms with van der Waals surface area (Å²) in [6, 6.07) is 5.52. The van der Waals surface area contributed by atoms with Gasteiger partial charge in [0.25, 0.3) is 0 Å². The summed E-state index contributed by atoms with van der Waals surface area (Å²) in [5.41, 5.74) is 7.00. The molecule has 0 bridgehead atoms. The van der Waals surface area contributed by atoms with Crippen molar-refractivity contribution < 1.29 is 4.42 Å². The minimum atomic E-state index is 0.369. The molecule has 15 heavy (non-hydrogen) atoms. The normalized spacial score (nSPS) is 10.6. The lowest BCUT2D eigenvalue weighted by molar-refractivity contribution is 0.572. The molecule has 1 aromatic carbocycles. The van der Waals surface area contributed by atoms with E-state index in [1.54, 1.807) is 12.3 Å². The van der Waals surface area contributed by atoms with Gasteiger partial charge >= 0.3 is 0 Å². The van der Waals surface area contributed by atoms with E-state index in [-0.39, 0.29) is 0 Å². The SMILES string of the molecule is NCc1coc(-c2ccc(Br)c(Cl)c2)n1. The summed E-state index contributed by atoms with van der Waals surface area (Å²) in [4.78, 5) is 4.20. The highest BCUT2D eigenvalue weighted by molar-refractivity contribution is 9.10. The largest absolute Gasteiger partial charge is 0.444 e. The molecule has 0 aliphatic carbocycles. The van der Waals surface area contributed by atoms with Gasteiger partial charge in [-0.2, -0.15) is 0 Å². The van der Waals surface area contributed by atoms with Gasteiger partial charge in [-0.3, -0.25) is 0 Å². The second-order valence-corrected chi connectivity index (χ2v) is 4.24. The van der Waals surface area contributed by atoms with Gasteiger partial charge < -0.3 is 10.2 Å². The molecule has 0 saturated heterocycles. The predicted molar refractivity (Wildman–Crippen MR) is 62.5 cm³/mol. The van der Waals surface area contributed by atoms with Crippen LogP contribution in [-0.4, -0.2) is 4.98 Å². The van der Waals surface area contributed by atoms with E-state index in [4.69, 9.17) is 21.8 Å². The van der Waals surface area contributed by atoms with Crippen molar-refractivity contribution >= 4 is 27.5 Å². The quantitative estimate of drug-likeness (QED) is 0.922. The maximum Gasteiger partial charge on any atom is 0.226 e. The molecular weight excluding hydrogens is 279 g/mol. The zero-order chi connectivity index (χ0) is 10.8. The molecule has 5 heteroatoms. The van der Waals surface area contributed by atoms with Crippen LogP contribution in [0.3, 0.4) is 0 Å². The molecule has 1 aromatic heterocycles. The Bertz CT molecular complexity index is 484. The topological polar surface area (TPSA) is 52.0 Å². The van der Waals surface area contributed by atoms with Crippen LogP contribution in [0.1, 0.15) is 5.69 Å². The summed E-state index contributed by atoms with van der Waals surface area (Å²) in [6.45, 7) is 0.369. The van der Waals surface area contributed by atoms with Crippen LogP contribution in [0, 0.1) is 0 Å². The molecule has 2 aromatic rings. The Morgan fingerprint density at radius 1 is 1.47 bits per heavy atom. The number of benzene rings is 1. The van der Waals surface area contributed by atoms with Crippen molar-refractivity contribution in [2.45, 2.75) is 6.54 Å². The van der Waals surface area contributed by atoms with Gasteiger partial charge in [-0.1, -0.05) is 11.6 Å². The number of halogens is 2. The lowest BCUT2D eigenvalue weighted by atomic mass is 10.2. The molecule has 0 fully saturated rings. The highest BCUT2D eigenvalue weighted by Gasteiger charge is 2.07. The highest BCUT2D eigenvalue weighted by Crippen LogP contribution is 2.28. The summed E-state index contributed by atoms with van der Waals surface area (Å²) in [7, 11) is 0. The van der Waals surface area contributed by atoms with Gasteiger partial charge in [-0.25, -0.2) is 4.98 Å². The van der Waals surface area contributed by atoms with E-state index in [1.165, 1.54) is 0 Å². The number of rotatable bonds is 2. The molecule has 1 heterocycles. The monoisotopic (exact) mass is 286 g/mol.